The van der Waals surface area contributed by atoms with Gasteiger partial charge in [0.1, 0.15) is 11.8 Å². The van der Waals surface area contributed by atoms with Gasteiger partial charge in [0.25, 0.3) is 0 Å². The van der Waals surface area contributed by atoms with E-state index >= 15 is 0 Å². The number of hydrogen-bond acceptors (Lipinski definition) is 7. The lowest BCUT2D eigenvalue weighted by atomic mass is 9.84. The number of carbonyl (C=O) groups is 1. The first-order valence-corrected chi connectivity index (χ1v) is 9.03. The summed E-state index contributed by atoms with van der Waals surface area (Å²) < 4.78 is 21.9. The minimum atomic E-state index is -0.728. The van der Waals surface area contributed by atoms with Crippen LogP contribution in [0.15, 0.2) is 24.5 Å². The predicted octanol–water partition coefficient (Wildman–Crippen LogP) is 3.56. The van der Waals surface area contributed by atoms with Crippen LogP contribution in [0.1, 0.15) is 25.5 Å². The molecule has 0 radical (unpaired) electrons. The standard InChI is InChI=1S/C21H25N3O5/c1-21(2,11-25)19(29-6)13-9-22-20-17(13)24-14(10-23-20)12-7-15(26-3)18(28-5)16(8-12)27-4/h7-11,19H,1-6H3,(H,22,23). The maximum absolute atomic E-state index is 11.6. The number of nitrogens with one attached hydrogen (secondary N) is 1. The number of nitrogens with zero attached hydrogens (tertiary/aromatic N) is 2. The molecule has 0 aliphatic heterocycles. The SMILES string of the molecule is COc1cc(-c2cnc3[nH]cc(C(OC)C(C)(C)C=O)c3n2)cc(OC)c1OC. The van der Waals surface area contributed by atoms with E-state index in [0.29, 0.717) is 34.1 Å². The highest BCUT2D eigenvalue weighted by Crippen LogP contribution is 2.41. The third kappa shape index (κ3) is 3.63. The van der Waals surface area contributed by atoms with Crippen LogP contribution in [0.3, 0.4) is 0 Å². The Kier molecular flexibility index (Phi) is 5.74. The smallest absolute Gasteiger partial charge is 0.203 e. The summed E-state index contributed by atoms with van der Waals surface area (Å²) in [6.07, 6.45) is 3.86. The maximum atomic E-state index is 11.6. The molecule has 29 heavy (non-hydrogen) atoms. The van der Waals surface area contributed by atoms with E-state index in [1.54, 1.807) is 40.8 Å². The second-order valence-electron chi connectivity index (χ2n) is 7.17. The van der Waals surface area contributed by atoms with Crippen LogP contribution in [-0.2, 0) is 9.53 Å². The summed E-state index contributed by atoms with van der Waals surface area (Å²) in [5.74, 6) is 1.55. The average molecular weight is 399 g/mol. The van der Waals surface area contributed by atoms with Crippen molar-refractivity contribution in [2.75, 3.05) is 28.4 Å². The molecule has 1 atom stereocenters. The summed E-state index contributed by atoms with van der Waals surface area (Å²) in [5.41, 5.74) is 2.66. The monoisotopic (exact) mass is 399 g/mol. The first kappa shape index (κ1) is 20.6. The van der Waals surface area contributed by atoms with Crippen LogP contribution >= 0.6 is 0 Å². The number of hydrogen-bond donors (Lipinski definition) is 1. The van der Waals surface area contributed by atoms with E-state index < -0.39 is 11.5 Å². The number of ether oxygens (including phenoxy) is 4. The minimum absolute atomic E-state index is 0.474. The number of rotatable bonds is 8. The second kappa shape index (κ2) is 8.08. The summed E-state index contributed by atoms with van der Waals surface area (Å²) in [4.78, 5) is 24.0. The molecule has 8 nitrogen and oxygen atoms in total. The van der Waals surface area contributed by atoms with Gasteiger partial charge >= 0.3 is 0 Å². The van der Waals surface area contributed by atoms with Gasteiger partial charge in [0, 0.05) is 24.4 Å². The largest absolute Gasteiger partial charge is 0.493 e. The van der Waals surface area contributed by atoms with Crippen LogP contribution in [0.2, 0.25) is 0 Å². The minimum Gasteiger partial charge on any atom is -0.493 e. The second-order valence-corrected chi connectivity index (χ2v) is 7.17. The Morgan fingerprint density at radius 2 is 1.72 bits per heavy atom. The molecule has 0 bridgehead atoms. The quantitative estimate of drug-likeness (QED) is 0.579. The molecule has 0 spiro atoms. The normalized spacial score (nSPS) is 12.6. The van der Waals surface area contributed by atoms with Crippen molar-refractivity contribution in [2.45, 2.75) is 20.0 Å². The molecule has 154 valence electrons. The van der Waals surface area contributed by atoms with Crippen molar-refractivity contribution in [2.24, 2.45) is 5.41 Å². The highest BCUT2D eigenvalue weighted by Gasteiger charge is 2.33. The van der Waals surface area contributed by atoms with E-state index in [2.05, 4.69) is 9.97 Å². The summed E-state index contributed by atoms with van der Waals surface area (Å²) in [6, 6.07) is 3.62. The molecule has 0 amide bonds. The molecule has 0 aliphatic rings. The van der Waals surface area contributed by atoms with E-state index in [1.165, 1.54) is 0 Å². The molecule has 1 aromatic carbocycles. The fourth-order valence-electron chi connectivity index (χ4n) is 3.37. The number of carbonyl (C=O) groups excluding carboxylic acids is 1. The number of aromatic amines is 1. The topological polar surface area (TPSA) is 95.6 Å². The van der Waals surface area contributed by atoms with Gasteiger partial charge in [0.05, 0.1) is 44.7 Å². The van der Waals surface area contributed by atoms with Gasteiger partial charge in [-0.25, -0.2) is 9.97 Å². The number of aldehydes is 1. The number of methoxy groups -OCH3 is 4. The molecule has 1 unspecified atom stereocenters. The lowest BCUT2D eigenvalue weighted by Gasteiger charge is -2.27. The van der Waals surface area contributed by atoms with Gasteiger partial charge in [-0.3, -0.25) is 0 Å². The Bertz CT molecular complexity index is 1000. The molecule has 3 rings (SSSR count). The molecule has 2 heterocycles. The van der Waals surface area contributed by atoms with Gasteiger partial charge in [-0.1, -0.05) is 13.8 Å². The van der Waals surface area contributed by atoms with Crippen molar-refractivity contribution in [3.05, 3.63) is 30.1 Å². The molecule has 3 aromatic rings. The van der Waals surface area contributed by atoms with Crippen molar-refractivity contribution in [3.63, 3.8) is 0 Å². The summed E-state index contributed by atoms with van der Waals surface area (Å²) in [7, 11) is 6.25. The zero-order valence-corrected chi connectivity index (χ0v) is 17.4. The number of fused-ring (bicyclic) bond motifs is 1. The van der Waals surface area contributed by atoms with Crippen molar-refractivity contribution in [3.8, 4) is 28.5 Å². The average Bonchev–Trinajstić information content (AvgIpc) is 3.15. The van der Waals surface area contributed by atoms with E-state index in [-0.39, 0.29) is 0 Å². The third-order valence-electron chi connectivity index (χ3n) is 4.87. The number of H-pyrrole nitrogens is 1. The molecule has 0 saturated heterocycles. The lowest BCUT2D eigenvalue weighted by Crippen LogP contribution is -2.25. The highest BCUT2D eigenvalue weighted by molar-refractivity contribution is 5.80. The maximum Gasteiger partial charge on any atom is 0.203 e. The van der Waals surface area contributed by atoms with Crippen molar-refractivity contribution in [1.29, 1.82) is 0 Å². The van der Waals surface area contributed by atoms with Crippen LogP contribution in [0.5, 0.6) is 17.2 Å². The molecule has 0 fully saturated rings. The summed E-state index contributed by atoms with van der Waals surface area (Å²) in [6.45, 7) is 3.65. The van der Waals surface area contributed by atoms with Crippen LogP contribution in [-0.4, -0.2) is 49.7 Å². The van der Waals surface area contributed by atoms with Gasteiger partial charge in [-0.2, -0.15) is 0 Å². The van der Waals surface area contributed by atoms with Crippen LogP contribution in [0.25, 0.3) is 22.4 Å². The van der Waals surface area contributed by atoms with Crippen LogP contribution in [0, 0.1) is 5.41 Å². The lowest BCUT2D eigenvalue weighted by molar-refractivity contribution is -0.121. The molecular formula is C21H25N3O5. The van der Waals surface area contributed by atoms with Gasteiger partial charge in [0.2, 0.25) is 5.75 Å². The van der Waals surface area contributed by atoms with Crippen molar-refractivity contribution < 1.29 is 23.7 Å². The zero-order chi connectivity index (χ0) is 21.2. The summed E-state index contributed by atoms with van der Waals surface area (Å²) in [5, 5.41) is 0. The predicted molar refractivity (Wildman–Crippen MR) is 109 cm³/mol. The Morgan fingerprint density at radius 3 is 2.24 bits per heavy atom. The fraction of sp³-hybridized carbons (Fsp3) is 0.381. The Balaban J connectivity index is 2.17. The van der Waals surface area contributed by atoms with Gasteiger partial charge < -0.3 is 28.7 Å². The van der Waals surface area contributed by atoms with E-state index in [9.17, 15) is 4.79 Å². The van der Waals surface area contributed by atoms with Crippen molar-refractivity contribution in [1.82, 2.24) is 15.0 Å². The third-order valence-corrected chi connectivity index (χ3v) is 4.87. The van der Waals surface area contributed by atoms with E-state index in [1.807, 2.05) is 26.0 Å². The van der Waals surface area contributed by atoms with Crippen LogP contribution in [0.4, 0.5) is 0 Å². The fourth-order valence-corrected chi connectivity index (χ4v) is 3.37. The number of benzene rings is 1. The van der Waals surface area contributed by atoms with Gasteiger partial charge in [0.15, 0.2) is 17.1 Å². The highest BCUT2D eigenvalue weighted by atomic mass is 16.5. The van der Waals surface area contributed by atoms with Gasteiger partial charge in [-0.05, 0) is 12.1 Å². The Morgan fingerprint density at radius 1 is 1.07 bits per heavy atom. The zero-order valence-electron chi connectivity index (χ0n) is 17.4. The van der Waals surface area contributed by atoms with Gasteiger partial charge in [-0.15, -0.1) is 0 Å². The molecule has 8 heteroatoms. The molecule has 1 N–H and O–H groups in total. The molecule has 2 aromatic heterocycles. The van der Waals surface area contributed by atoms with E-state index in [4.69, 9.17) is 23.9 Å². The Labute approximate surface area is 169 Å². The van der Waals surface area contributed by atoms with E-state index in [0.717, 1.165) is 17.4 Å². The molecular weight excluding hydrogens is 374 g/mol. The Hall–Kier alpha value is -3.13. The first-order valence-electron chi connectivity index (χ1n) is 9.03. The van der Waals surface area contributed by atoms with Crippen molar-refractivity contribution >= 4 is 17.5 Å². The number of aromatic nitrogens is 3. The summed E-state index contributed by atoms with van der Waals surface area (Å²) >= 11 is 0. The molecule has 0 aliphatic carbocycles. The molecule has 0 saturated carbocycles. The van der Waals surface area contributed by atoms with Crippen LogP contribution < -0.4 is 14.2 Å². The first-order chi connectivity index (χ1) is 13.9.